The Labute approximate surface area is 173 Å². The van der Waals surface area contributed by atoms with Crippen molar-refractivity contribution < 1.29 is 14.1 Å². The first-order chi connectivity index (χ1) is 14.0. The van der Waals surface area contributed by atoms with Gasteiger partial charge >= 0.3 is 0 Å². The third kappa shape index (κ3) is 5.29. The third-order valence-corrected chi connectivity index (χ3v) is 5.34. The molecule has 0 N–H and O–H groups in total. The zero-order chi connectivity index (χ0) is 20.8. The van der Waals surface area contributed by atoms with Crippen molar-refractivity contribution in [1.29, 1.82) is 0 Å². The van der Waals surface area contributed by atoms with Gasteiger partial charge in [0.15, 0.2) is 0 Å². The molecule has 0 bridgehead atoms. The Morgan fingerprint density at radius 2 is 1.90 bits per heavy atom. The number of hydrogen-bond acceptors (Lipinski definition) is 6. The molecule has 0 aliphatic heterocycles. The predicted octanol–water partition coefficient (Wildman–Crippen LogP) is 3.48. The van der Waals surface area contributed by atoms with Gasteiger partial charge in [-0.05, 0) is 36.1 Å². The van der Waals surface area contributed by atoms with Crippen molar-refractivity contribution in [2.75, 3.05) is 20.6 Å². The summed E-state index contributed by atoms with van der Waals surface area (Å²) in [5.74, 6) is 1.00. The van der Waals surface area contributed by atoms with Crippen LogP contribution < -0.4 is 0 Å². The topological polar surface area (TPSA) is 79.5 Å². The molecule has 8 heteroatoms. The lowest BCUT2D eigenvalue weighted by molar-refractivity contribution is -0.131. The van der Waals surface area contributed by atoms with E-state index in [0.717, 1.165) is 10.4 Å². The molecule has 2 amide bonds. The summed E-state index contributed by atoms with van der Waals surface area (Å²) in [5, 5.41) is 5.93. The van der Waals surface area contributed by atoms with Gasteiger partial charge in [-0.15, -0.1) is 11.3 Å². The van der Waals surface area contributed by atoms with E-state index in [1.807, 2.05) is 36.6 Å². The summed E-state index contributed by atoms with van der Waals surface area (Å²) in [7, 11) is 3.45. The molecule has 0 saturated heterocycles. The van der Waals surface area contributed by atoms with Crippen LogP contribution in [-0.4, -0.2) is 52.4 Å². The van der Waals surface area contributed by atoms with E-state index in [2.05, 4.69) is 10.1 Å². The number of nitrogens with zero attached hydrogens (tertiary/aromatic N) is 4. The molecule has 7 nitrogen and oxygen atoms in total. The Balaban J connectivity index is 1.56. The summed E-state index contributed by atoms with van der Waals surface area (Å²) < 4.78 is 5.26. The molecular formula is C21H24N4O3S. The summed E-state index contributed by atoms with van der Waals surface area (Å²) in [6.07, 6.45) is 0.709. The lowest BCUT2D eigenvalue weighted by Gasteiger charge is -2.21. The van der Waals surface area contributed by atoms with Crippen LogP contribution in [0.25, 0.3) is 10.7 Å². The molecule has 0 saturated carbocycles. The van der Waals surface area contributed by atoms with Gasteiger partial charge in [-0.1, -0.05) is 23.4 Å². The lowest BCUT2D eigenvalue weighted by atomic mass is 10.1. The van der Waals surface area contributed by atoms with E-state index in [1.54, 1.807) is 42.5 Å². The molecule has 0 fully saturated rings. The van der Waals surface area contributed by atoms with Crippen LogP contribution in [-0.2, 0) is 17.8 Å². The van der Waals surface area contributed by atoms with Gasteiger partial charge in [0, 0.05) is 45.6 Å². The number of aromatic nitrogens is 2. The maximum absolute atomic E-state index is 12.6. The van der Waals surface area contributed by atoms with Crippen molar-refractivity contribution in [3.05, 3.63) is 58.8 Å². The van der Waals surface area contributed by atoms with Crippen LogP contribution >= 0.6 is 11.3 Å². The second kappa shape index (κ2) is 9.47. The van der Waals surface area contributed by atoms with Gasteiger partial charge in [-0.25, -0.2) is 0 Å². The van der Waals surface area contributed by atoms with Crippen molar-refractivity contribution in [2.45, 2.75) is 26.3 Å². The first-order valence-corrected chi connectivity index (χ1v) is 10.3. The van der Waals surface area contributed by atoms with Gasteiger partial charge in [-0.2, -0.15) is 4.98 Å². The number of carbonyl (C=O) groups excluding carboxylic acids is 2. The average molecular weight is 413 g/mol. The van der Waals surface area contributed by atoms with Gasteiger partial charge in [0.2, 0.25) is 17.6 Å². The average Bonchev–Trinajstić information content (AvgIpc) is 3.41. The van der Waals surface area contributed by atoms with E-state index in [0.29, 0.717) is 43.2 Å². The van der Waals surface area contributed by atoms with E-state index in [1.165, 1.54) is 4.90 Å². The van der Waals surface area contributed by atoms with E-state index >= 15 is 0 Å². The standard InChI is InChI=1S/C21H24N4O3S/c1-4-25(14-15-7-9-16(10-8-15)21(27)24(2)3)19(26)12-11-18-22-20(23-28-18)17-6-5-13-29-17/h5-10,13H,4,11-12,14H2,1-3H3. The molecule has 0 unspecified atom stereocenters. The van der Waals surface area contributed by atoms with E-state index in [9.17, 15) is 9.59 Å². The number of benzene rings is 1. The Kier molecular flexibility index (Phi) is 6.77. The number of amides is 2. The minimum Gasteiger partial charge on any atom is -0.345 e. The van der Waals surface area contributed by atoms with Gasteiger partial charge in [0.1, 0.15) is 0 Å². The molecule has 29 heavy (non-hydrogen) atoms. The molecule has 0 aliphatic carbocycles. The largest absolute Gasteiger partial charge is 0.345 e. The number of aryl methyl sites for hydroxylation is 1. The molecule has 2 aromatic heterocycles. The first-order valence-electron chi connectivity index (χ1n) is 9.42. The summed E-state index contributed by atoms with van der Waals surface area (Å²) >= 11 is 1.54. The number of hydrogen-bond donors (Lipinski definition) is 0. The predicted molar refractivity (Wildman–Crippen MR) is 111 cm³/mol. The van der Waals surface area contributed by atoms with Gasteiger partial charge < -0.3 is 14.3 Å². The summed E-state index contributed by atoms with van der Waals surface area (Å²) in [5.41, 5.74) is 1.61. The van der Waals surface area contributed by atoms with Crippen molar-refractivity contribution in [3.8, 4) is 10.7 Å². The third-order valence-electron chi connectivity index (χ3n) is 4.48. The second-order valence-electron chi connectivity index (χ2n) is 6.79. The highest BCUT2D eigenvalue weighted by Crippen LogP contribution is 2.21. The summed E-state index contributed by atoms with van der Waals surface area (Å²) in [6, 6.07) is 11.2. The second-order valence-corrected chi connectivity index (χ2v) is 7.74. The van der Waals surface area contributed by atoms with Crippen LogP contribution in [0.15, 0.2) is 46.3 Å². The number of carbonyl (C=O) groups is 2. The highest BCUT2D eigenvalue weighted by molar-refractivity contribution is 7.13. The normalized spacial score (nSPS) is 10.7. The number of rotatable bonds is 8. The van der Waals surface area contributed by atoms with Crippen molar-refractivity contribution in [3.63, 3.8) is 0 Å². The van der Waals surface area contributed by atoms with E-state index in [4.69, 9.17) is 4.52 Å². The monoisotopic (exact) mass is 412 g/mol. The van der Waals surface area contributed by atoms with Gasteiger partial charge in [0.25, 0.3) is 5.91 Å². The van der Waals surface area contributed by atoms with Crippen LogP contribution in [0.1, 0.15) is 35.2 Å². The van der Waals surface area contributed by atoms with Crippen LogP contribution in [0, 0.1) is 0 Å². The summed E-state index contributed by atoms with van der Waals surface area (Å²) in [6.45, 7) is 3.04. The van der Waals surface area contributed by atoms with Crippen LogP contribution in [0.4, 0.5) is 0 Å². The molecule has 152 valence electrons. The zero-order valence-corrected chi connectivity index (χ0v) is 17.6. The fourth-order valence-corrected chi connectivity index (χ4v) is 3.49. The molecule has 0 aliphatic rings. The fourth-order valence-electron chi connectivity index (χ4n) is 2.84. The Hall–Kier alpha value is -3.00. The Bertz CT molecular complexity index is 949. The molecule has 1 aromatic carbocycles. The molecule has 3 rings (SSSR count). The minimum atomic E-state index is -0.0403. The highest BCUT2D eigenvalue weighted by Gasteiger charge is 2.16. The highest BCUT2D eigenvalue weighted by atomic mass is 32.1. The van der Waals surface area contributed by atoms with E-state index < -0.39 is 0 Å². The van der Waals surface area contributed by atoms with Crippen molar-refractivity contribution in [1.82, 2.24) is 19.9 Å². The smallest absolute Gasteiger partial charge is 0.253 e. The van der Waals surface area contributed by atoms with Crippen LogP contribution in [0.5, 0.6) is 0 Å². The molecule has 3 aromatic rings. The first kappa shape index (κ1) is 20.7. The summed E-state index contributed by atoms with van der Waals surface area (Å²) in [4.78, 5) is 33.2. The van der Waals surface area contributed by atoms with Crippen LogP contribution in [0.2, 0.25) is 0 Å². The van der Waals surface area contributed by atoms with E-state index in [-0.39, 0.29) is 11.8 Å². The number of thiophene rings is 1. The SMILES string of the molecule is CCN(Cc1ccc(C(=O)N(C)C)cc1)C(=O)CCc1nc(-c2cccs2)no1. The Morgan fingerprint density at radius 3 is 2.52 bits per heavy atom. The minimum absolute atomic E-state index is 0.0248. The van der Waals surface area contributed by atoms with Gasteiger partial charge in [0.05, 0.1) is 4.88 Å². The van der Waals surface area contributed by atoms with Gasteiger partial charge in [-0.3, -0.25) is 9.59 Å². The van der Waals surface area contributed by atoms with Crippen molar-refractivity contribution >= 4 is 23.2 Å². The maximum Gasteiger partial charge on any atom is 0.253 e. The lowest BCUT2D eigenvalue weighted by Crippen LogP contribution is -2.30. The molecule has 0 spiro atoms. The fraction of sp³-hybridized carbons (Fsp3) is 0.333. The maximum atomic E-state index is 12.6. The van der Waals surface area contributed by atoms with Crippen LogP contribution in [0.3, 0.4) is 0 Å². The molecular weight excluding hydrogens is 388 g/mol. The Morgan fingerprint density at radius 1 is 1.14 bits per heavy atom. The molecule has 0 radical (unpaired) electrons. The molecule has 2 heterocycles. The molecule has 0 atom stereocenters. The van der Waals surface area contributed by atoms with Crippen molar-refractivity contribution in [2.24, 2.45) is 0 Å². The zero-order valence-electron chi connectivity index (χ0n) is 16.8. The quantitative estimate of drug-likeness (QED) is 0.566.